The number of aliphatic hydroxyl groups is 1. The van der Waals surface area contributed by atoms with Gasteiger partial charge >= 0.3 is 0 Å². The van der Waals surface area contributed by atoms with Gasteiger partial charge in [-0.05, 0) is 45.3 Å². The molecule has 1 heterocycles. The summed E-state index contributed by atoms with van der Waals surface area (Å²) in [6, 6.07) is 1.89. The molecule has 1 rings (SSSR count). The first kappa shape index (κ1) is 14.2. The van der Waals surface area contributed by atoms with E-state index in [-0.39, 0.29) is 0 Å². The maximum absolute atomic E-state index is 10.5. The third kappa shape index (κ3) is 4.13. The Morgan fingerprint density at radius 1 is 1.53 bits per heavy atom. The van der Waals surface area contributed by atoms with Crippen molar-refractivity contribution in [3.05, 3.63) is 18.0 Å². The fraction of sp³-hybridized carbons (Fsp3) is 0.769. The van der Waals surface area contributed by atoms with Crippen LogP contribution in [0.1, 0.15) is 39.8 Å². The molecule has 0 aromatic carbocycles. The first-order chi connectivity index (χ1) is 7.97. The summed E-state index contributed by atoms with van der Waals surface area (Å²) in [6.45, 7) is 10.8. The lowest BCUT2D eigenvalue weighted by molar-refractivity contribution is 0.0386. The highest BCUT2D eigenvalue weighted by Gasteiger charge is 2.26. The Labute approximate surface area is 104 Å². The van der Waals surface area contributed by atoms with Crippen LogP contribution >= 0.6 is 0 Å². The molecule has 0 aliphatic carbocycles. The molecule has 1 aromatic heterocycles. The van der Waals surface area contributed by atoms with Gasteiger partial charge in [-0.25, -0.2) is 0 Å². The van der Waals surface area contributed by atoms with Crippen LogP contribution in [0.25, 0.3) is 0 Å². The Balaban J connectivity index is 2.50. The minimum absolute atomic E-state index is 0.640. The predicted octanol–water partition coefficient (Wildman–Crippen LogP) is 1.75. The summed E-state index contributed by atoms with van der Waals surface area (Å²) in [4.78, 5) is 0. The topological polar surface area (TPSA) is 50.1 Å². The van der Waals surface area contributed by atoms with Crippen molar-refractivity contribution in [3.8, 4) is 0 Å². The quantitative estimate of drug-likeness (QED) is 0.713. The first-order valence-corrected chi connectivity index (χ1v) is 6.42. The van der Waals surface area contributed by atoms with E-state index in [4.69, 9.17) is 0 Å². The van der Waals surface area contributed by atoms with Gasteiger partial charge in [0, 0.05) is 12.7 Å². The van der Waals surface area contributed by atoms with Gasteiger partial charge in [-0.1, -0.05) is 13.8 Å². The number of aromatic nitrogens is 2. The molecule has 0 radical (unpaired) electrons. The summed E-state index contributed by atoms with van der Waals surface area (Å²) in [5, 5.41) is 18.0. The standard InChI is InChI=1S/C13H25N3O/c1-5-16-12(6-8-15-16)13(4,17)7-9-14-10-11(2)3/h6,8,11,14,17H,5,7,9-10H2,1-4H3. The summed E-state index contributed by atoms with van der Waals surface area (Å²) in [5.41, 5.74) is 0.0857. The van der Waals surface area contributed by atoms with Gasteiger partial charge in [0.25, 0.3) is 0 Å². The molecule has 1 unspecified atom stereocenters. The van der Waals surface area contributed by atoms with Gasteiger partial charge in [-0.3, -0.25) is 4.68 Å². The molecule has 4 nitrogen and oxygen atoms in total. The number of aryl methyl sites for hydroxylation is 1. The van der Waals surface area contributed by atoms with Crippen molar-refractivity contribution in [3.63, 3.8) is 0 Å². The number of rotatable bonds is 7. The lowest BCUT2D eigenvalue weighted by Gasteiger charge is -2.24. The van der Waals surface area contributed by atoms with Crippen LogP contribution in [0.5, 0.6) is 0 Å². The summed E-state index contributed by atoms with van der Waals surface area (Å²) in [6.07, 6.45) is 2.44. The molecule has 0 aliphatic rings. The normalized spacial score (nSPS) is 15.2. The SMILES string of the molecule is CCn1nccc1C(C)(O)CCNCC(C)C. The van der Waals surface area contributed by atoms with Gasteiger partial charge in [-0.2, -0.15) is 5.10 Å². The molecule has 98 valence electrons. The summed E-state index contributed by atoms with van der Waals surface area (Å²) in [5.74, 6) is 0.640. The van der Waals surface area contributed by atoms with E-state index in [1.54, 1.807) is 6.20 Å². The van der Waals surface area contributed by atoms with Crippen LogP contribution in [0.2, 0.25) is 0 Å². The molecular weight excluding hydrogens is 214 g/mol. The van der Waals surface area contributed by atoms with Crippen LogP contribution < -0.4 is 5.32 Å². The second kappa shape index (κ2) is 6.17. The number of nitrogens with zero attached hydrogens (tertiary/aromatic N) is 2. The Hall–Kier alpha value is -0.870. The van der Waals surface area contributed by atoms with Crippen molar-refractivity contribution >= 4 is 0 Å². The zero-order chi connectivity index (χ0) is 12.9. The minimum Gasteiger partial charge on any atom is -0.384 e. The maximum Gasteiger partial charge on any atom is 0.105 e. The van der Waals surface area contributed by atoms with E-state index >= 15 is 0 Å². The van der Waals surface area contributed by atoms with Crippen LogP contribution in [-0.2, 0) is 12.1 Å². The molecular formula is C13H25N3O. The molecule has 0 bridgehead atoms. The fourth-order valence-corrected chi connectivity index (χ4v) is 1.89. The van der Waals surface area contributed by atoms with Gasteiger partial charge in [0.05, 0.1) is 5.69 Å². The highest BCUT2D eigenvalue weighted by molar-refractivity contribution is 5.10. The smallest absolute Gasteiger partial charge is 0.105 e. The minimum atomic E-state index is -0.809. The van der Waals surface area contributed by atoms with Crippen molar-refractivity contribution < 1.29 is 5.11 Å². The third-order valence-corrected chi connectivity index (χ3v) is 2.91. The number of nitrogens with one attached hydrogen (secondary N) is 1. The molecule has 0 amide bonds. The Morgan fingerprint density at radius 2 is 2.24 bits per heavy atom. The van der Waals surface area contributed by atoms with Crippen LogP contribution in [0.15, 0.2) is 12.3 Å². The van der Waals surface area contributed by atoms with Crippen molar-refractivity contribution in [1.82, 2.24) is 15.1 Å². The summed E-state index contributed by atoms with van der Waals surface area (Å²) >= 11 is 0. The molecule has 17 heavy (non-hydrogen) atoms. The Morgan fingerprint density at radius 3 is 2.82 bits per heavy atom. The number of hydrogen-bond donors (Lipinski definition) is 2. The van der Waals surface area contributed by atoms with Gasteiger partial charge in [0.15, 0.2) is 0 Å². The zero-order valence-electron chi connectivity index (χ0n) is 11.4. The largest absolute Gasteiger partial charge is 0.384 e. The molecule has 4 heteroatoms. The van der Waals surface area contributed by atoms with E-state index in [2.05, 4.69) is 24.3 Å². The van der Waals surface area contributed by atoms with Crippen LogP contribution in [0, 0.1) is 5.92 Å². The summed E-state index contributed by atoms with van der Waals surface area (Å²) < 4.78 is 1.85. The lowest BCUT2D eigenvalue weighted by atomic mass is 9.98. The van der Waals surface area contributed by atoms with Crippen molar-refractivity contribution in [2.24, 2.45) is 5.92 Å². The van der Waals surface area contributed by atoms with E-state index in [9.17, 15) is 5.11 Å². The average molecular weight is 239 g/mol. The average Bonchev–Trinajstić information content (AvgIpc) is 2.73. The van der Waals surface area contributed by atoms with E-state index < -0.39 is 5.60 Å². The molecule has 0 saturated heterocycles. The molecule has 0 saturated carbocycles. The zero-order valence-corrected chi connectivity index (χ0v) is 11.4. The Bertz CT molecular complexity index is 331. The van der Waals surface area contributed by atoms with Crippen molar-refractivity contribution in [2.45, 2.75) is 46.3 Å². The van der Waals surface area contributed by atoms with Crippen LogP contribution in [-0.4, -0.2) is 28.0 Å². The molecule has 2 N–H and O–H groups in total. The first-order valence-electron chi connectivity index (χ1n) is 6.42. The Kier molecular flexibility index (Phi) is 5.15. The van der Waals surface area contributed by atoms with Gasteiger partial charge < -0.3 is 10.4 Å². The van der Waals surface area contributed by atoms with E-state index in [1.807, 2.05) is 24.6 Å². The predicted molar refractivity (Wildman–Crippen MR) is 69.8 cm³/mol. The highest BCUT2D eigenvalue weighted by atomic mass is 16.3. The van der Waals surface area contributed by atoms with E-state index in [0.717, 1.165) is 25.3 Å². The van der Waals surface area contributed by atoms with Gasteiger partial charge in [-0.15, -0.1) is 0 Å². The molecule has 0 spiro atoms. The maximum atomic E-state index is 10.5. The monoisotopic (exact) mass is 239 g/mol. The van der Waals surface area contributed by atoms with Crippen molar-refractivity contribution in [1.29, 1.82) is 0 Å². The van der Waals surface area contributed by atoms with Gasteiger partial charge in [0.2, 0.25) is 0 Å². The van der Waals surface area contributed by atoms with Crippen molar-refractivity contribution in [2.75, 3.05) is 13.1 Å². The lowest BCUT2D eigenvalue weighted by Crippen LogP contribution is -2.31. The van der Waals surface area contributed by atoms with E-state index in [0.29, 0.717) is 12.3 Å². The number of hydrogen-bond acceptors (Lipinski definition) is 3. The highest BCUT2D eigenvalue weighted by Crippen LogP contribution is 2.23. The fourth-order valence-electron chi connectivity index (χ4n) is 1.89. The summed E-state index contributed by atoms with van der Waals surface area (Å²) in [7, 11) is 0. The van der Waals surface area contributed by atoms with Crippen LogP contribution in [0.4, 0.5) is 0 Å². The van der Waals surface area contributed by atoms with Crippen LogP contribution in [0.3, 0.4) is 0 Å². The molecule has 0 aliphatic heterocycles. The second-order valence-electron chi connectivity index (χ2n) is 5.15. The second-order valence-corrected chi connectivity index (χ2v) is 5.15. The molecule has 1 atom stereocenters. The third-order valence-electron chi connectivity index (χ3n) is 2.91. The molecule has 1 aromatic rings. The van der Waals surface area contributed by atoms with E-state index in [1.165, 1.54) is 0 Å². The van der Waals surface area contributed by atoms with Gasteiger partial charge in [0.1, 0.15) is 5.60 Å². The molecule has 0 fully saturated rings.